The number of carbonyl (C=O) groups excluding carboxylic acids is 2. The number of phosphoric ester groups is 1. The van der Waals surface area contributed by atoms with Crippen LogP contribution in [-0.2, 0) is 28.2 Å². The summed E-state index contributed by atoms with van der Waals surface area (Å²) in [4.78, 5) is 40.3. The summed E-state index contributed by atoms with van der Waals surface area (Å²) in [6.07, 6.45) is 19.0. The maximum absolute atomic E-state index is 11.8. The van der Waals surface area contributed by atoms with Gasteiger partial charge in [0.2, 0.25) is 0 Å². The molecule has 0 aliphatic heterocycles. The maximum atomic E-state index is 11.8. The van der Waals surface area contributed by atoms with Crippen LogP contribution in [0, 0.1) is 0 Å². The first-order valence-electron chi connectivity index (χ1n) is 11.9. The molecular formula is C23H43O8P. The van der Waals surface area contributed by atoms with Gasteiger partial charge in [0.25, 0.3) is 0 Å². The zero-order valence-corrected chi connectivity index (χ0v) is 20.7. The Morgan fingerprint density at radius 1 is 0.844 bits per heavy atom. The first kappa shape index (κ1) is 30.8. The minimum Gasteiger partial charge on any atom is -0.462 e. The number of ether oxygens (including phenoxy) is 2. The van der Waals surface area contributed by atoms with E-state index in [0.29, 0.717) is 6.42 Å². The van der Waals surface area contributed by atoms with Gasteiger partial charge in [-0.25, -0.2) is 4.57 Å². The minimum atomic E-state index is -4.69. The zero-order chi connectivity index (χ0) is 24.1. The van der Waals surface area contributed by atoms with Crippen molar-refractivity contribution in [3.63, 3.8) is 0 Å². The molecule has 188 valence electrons. The molecule has 0 radical (unpaired) electrons. The lowest BCUT2D eigenvalue weighted by molar-refractivity contribution is -0.159. The normalized spacial score (nSPS) is 12.8. The Morgan fingerprint density at radius 2 is 1.38 bits per heavy atom. The molecule has 0 aliphatic carbocycles. The summed E-state index contributed by atoms with van der Waals surface area (Å²) in [5.41, 5.74) is 0. The summed E-state index contributed by atoms with van der Waals surface area (Å²) in [7, 11) is -4.69. The molecule has 0 spiro atoms. The molecule has 0 heterocycles. The van der Waals surface area contributed by atoms with Crippen LogP contribution in [0.4, 0.5) is 0 Å². The van der Waals surface area contributed by atoms with Crippen LogP contribution in [0.25, 0.3) is 0 Å². The summed E-state index contributed by atoms with van der Waals surface area (Å²) >= 11 is 0. The monoisotopic (exact) mass is 478 g/mol. The fourth-order valence-corrected chi connectivity index (χ4v) is 3.49. The first-order valence-corrected chi connectivity index (χ1v) is 13.5. The van der Waals surface area contributed by atoms with Gasteiger partial charge < -0.3 is 19.3 Å². The topological polar surface area (TPSA) is 119 Å². The van der Waals surface area contributed by atoms with Crippen molar-refractivity contribution in [2.75, 3.05) is 13.2 Å². The van der Waals surface area contributed by atoms with Gasteiger partial charge in [0, 0.05) is 13.3 Å². The van der Waals surface area contributed by atoms with E-state index in [1.165, 1.54) is 44.9 Å². The van der Waals surface area contributed by atoms with E-state index in [9.17, 15) is 14.2 Å². The third-order valence-electron chi connectivity index (χ3n) is 4.83. The Hall–Kier alpha value is -1.21. The highest BCUT2D eigenvalue weighted by Gasteiger charge is 2.21. The van der Waals surface area contributed by atoms with Crippen LogP contribution in [0.1, 0.15) is 104 Å². The number of rotatable bonds is 21. The minimum absolute atomic E-state index is 0.254. The smallest absolute Gasteiger partial charge is 0.462 e. The molecule has 1 atom stereocenters. The van der Waals surface area contributed by atoms with Gasteiger partial charge in [-0.15, -0.1) is 0 Å². The molecule has 0 rings (SSSR count). The summed E-state index contributed by atoms with van der Waals surface area (Å²) in [5, 5.41) is 0. The van der Waals surface area contributed by atoms with Crippen LogP contribution in [0.2, 0.25) is 0 Å². The van der Waals surface area contributed by atoms with Crippen LogP contribution in [0.3, 0.4) is 0 Å². The average Bonchev–Trinajstić information content (AvgIpc) is 2.72. The Kier molecular flexibility index (Phi) is 19.6. The second-order valence-corrected chi connectivity index (χ2v) is 9.27. The molecule has 9 heteroatoms. The van der Waals surface area contributed by atoms with Crippen molar-refractivity contribution in [1.82, 2.24) is 0 Å². The van der Waals surface area contributed by atoms with Crippen LogP contribution in [-0.4, -0.2) is 41.0 Å². The lowest BCUT2D eigenvalue weighted by Gasteiger charge is -2.17. The average molecular weight is 479 g/mol. The highest BCUT2D eigenvalue weighted by Crippen LogP contribution is 2.35. The number of carbonyl (C=O) groups is 2. The molecule has 0 unspecified atom stereocenters. The second kappa shape index (κ2) is 20.4. The first-order chi connectivity index (χ1) is 15.2. The predicted octanol–water partition coefficient (Wildman–Crippen LogP) is 5.61. The molecule has 0 bridgehead atoms. The van der Waals surface area contributed by atoms with Crippen LogP contribution < -0.4 is 0 Å². The van der Waals surface area contributed by atoms with E-state index in [-0.39, 0.29) is 13.0 Å². The molecule has 0 aliphatic rings. The highest BCUT2D eigenvalue weighted by atomic mass is 31.2. The van der Waals surface area contributed by atoms with E-state index < -0.39 is 32.5 Å². The number of allylic oxidation sites excluding steroid dienone is 2. The Bertz CT molecular complexity index is 558. The van der Waals surface area contributed by atoms with Crippen LogP contribution >= 0.6 is 7.82 Å². The van der Waals surface area contributed by atoms with Gasteiger partial charge in [-0.2, -0.15) is 0 Å². The van der Waals surface area contributed by atoms with E-state index in [1.54, 1.807) is 0 Å². The van der Waals surface area contributed by atoms with Crippen molar-refractivity contribution < 1.29 is 37.9 Å². The maximum Gasteiger partial charge on any atom is 0.469 e. The number of hydrogen-bond donors (Lipinski definition) is 2. The number of esters is 2. The Morgan fingerprint density at radius 3 is 1.91 bits per heavy atom. The predicted molar refractivity (Wildman–Crippen MR) is 124 cm³/mol. The van der Waals surface area contributed by atoms with Gasteiger partial charge in [0.1, 0.15) is 6.61 Å². The lowest BCUT2D eigenvalue weighted by Crippen LogP contribution is -2.28. The quantitative estimate of drug-likeness (QED) is 0.0946. The van der Waals surface area contributed by atoms with E-state index in [2.05, 4.69) is 23.6 Å². The molecule has 0 aromatic carbocycles. The second-order valence-electron chi connectivity index (χ2n) is 8.04. The van der Waals surface area contributed by atoms with Gasteiger partial charge in [-0.1, -0.05) is 70.4 Å². The summed E-state index contributed by atoms with van der Waals surface area (Å²) in [6, 6.07) is 0. The molecule has 32 heavy (non-hydrogen) atoms. The molecule has 0 amide bonds. The van der Waals surface area contributed by atoms with E-state index in [0.717, 1.165) is 39.0 Å². The van der Waals surface area contributed by atoms with Gasteiger partial charge >= 0.3 is 19.8 Å². The highest BCUT2D eigenvalue weighted by molar-refractivity contribution is 7.46. The summed E-state index contributed by atoms with van der Waals surface area (Å²) < 4.78 is 24.9. The molecule has 0 saturated heterocycles. The van der Waals surface area contributed by atoms with Gasteiger partial charge in [-0.3, -0.25) is 14.1 Å². The van der Waals surface area contributed by atoms with Gasteiger partial charge in [0.15, 0.2) is 6.10 Å². The SMILES string of the molecule is CCCCCCCC/C=C\CCCCCCCC(=O)OC[C@@H](COP(=O)(O)O)OC(C)=O. The van der Waals surface area contributed by atoms with Gasteiger partial charge in [-0.05, 0) is 32.1 Å². The number of unbranched alkanes of at least 4 members (excludes halogenated alkanes) is 11. The van der Waals surface area contributed by atoms with E-state index in [4.69, 9.17) is 19.3 Å². The molecular weight excluding hydrogens is 435 g/mol. The van der Waals surface area contributed by atoms with Crippen molar-refractivity contribution in [3.8, 4) is 0 Å². The fourth-order valence-electron chi connectivity index (χ4n) is 3.13. The van der Waals surface area contributed by atoms with Crippen molar-refractivity contribution in [3.05, 3.63) is 12.2 Å². The molecule has 0 fully saturated rings. The van der Waals surface area contributed by atoms with Crippen molar-refractivity contribution >= 4 is 19.8 Å². The largest absolute Gasteiger partial charge is 0.469 e. The third-order valence-corrected chi connectivity index (χ3v) is 5.32. The van der Waals surface area contributed by atoms with Gasteiger partial charge in [0.05, 0.1) is 6.61 Å². The fraction of sp³-hybridized carbons (Fsp3) is 0.826. The van der Waals surface area contributed by atoms with E-state index in [1.807, 2.05) is 0 Å². The Labute approximate surface area is 193 Å². The number of hydrogen-bond acceptors (Lipinski definition) is 6. The lowest BCUT2D eigenvalue weighted by atomic mass is 10.1. The van der Waals surface area contributed by atoms with Crippen LogP contribution in [0.15, 0.2) is 12.2 Å². The summed E-state index contributed by atoms with van der Waals surface area (Å²) in [5.74, 6) is -1.09. The van der Waals surface area contributed by atoms with Crippen molar-refractivity contribution in [1.29, 1.82) is 0 Å². The standard InChI is InChI=1S/C23H43O8P/c1-3-4-5-6-7-8-9-10-11-12-13-14-15-16-17-18-23(25)29-19-22(31-21(2)24)20-30-32(26,27)28/h10-11,22H,3-9,12-20H2,1-2H3,(H2,26,27,28)/b11-10-/t22-/m0/s1. The third kappa shape index (κ3) is 23.5. The molecule has 0 aromatic rings. The molecule has 2 N–H and O–H groups in total. The Balaban J connectivity index is 3.66. The molecule has 0 aromatic heterocycles. The van der Waals surface area contributed by atoms with Crippen molar-refractivity contribution in [2.24, 2.45) is 0 Å². The summed E-state index contributed by atoms with van der Waals surface area (Å²) in [6.45, 7) is 2.53. The van der Waals surface area contributed by atoms with Crippen molar-refractivity contribution in [2.45, 2.75) is 110 Å². The zero-order valence-electron chi connectivity index (χ0n) is 19.8. The van der Waals surface area contributed by atoms with E-state index >= 15 is 0 Å². The van der Waals surface area contributed by atoms with Crippen LogP contribution in [0.5, 0.6) is 0 Å². The molecule has 8 nitrogen and oxygen atoms in total. The number of phosphoric acid groups is 1. The molecule has 0 saturated carbocycles.